The van der Waals surface area contributed by atoms with E-state index in [4.69, 9.17) is 56.7 Å². The van der Waals surface area contributed by atoms with Gasteiger partial charge in [-0.05, 0) is 92.8 Å². The zero-order valence-corrected chi connectivity index (χ0v) is 47.6. The molecule has 3 aromatic carbocycles. The maximum absolute atomic E-state index is 13.7. The van der Waals surface area contributed by atoms with Crippen molar-refractivity contribution in [2.75, 3.05) is 62.4 Å². The maximum Gasteiger partial charge on any atom is 0.350 e. The number of piperazine rings is 1. The van der Waals surface area contributed by atoms with Crippen molar-refractivity contribution in [3.8, 4) is 11.4 Å². The molecule has 5 atom stereocenters. The summed E-state index contributed by atoms with van der Waals surface area (Å²) in [4.78, 5) is 70.3. The first kappa shape index (κ1) is 61.1. The van der Waals surface area contributed by atoms with E-state index in [9.17, 15) is 24.0 Å². The fourth-order valence-electron chi connectivity index (χ4n) is 9.75. The van der Waals surface area contributed by atoms with E-state index in [1.165, 1.54) is 6.33 Å². The van der Waals surface area contributed by atoms with Crippen LogP contribution in [0, 0.1) is 5.92 Å². The number of carbonyl (C=O) groups excluding carboxylic acids is 3. The van der Waals surface area contributed by atoms with Crippen molar-refractivity contribution in [3.05, 3.63) is 112 Å². The van der Waals surface area contributed by atoms with Crippen molar-refractivity contribution in [3.63, 3.8) is 0 Å². The SMILES string of the molecule is CCCCCCCC(=O)OCC(COC(=O)CCCCCCCC(C)C(C)n1ncn(-c2ccc(N3CCN(c4ccc(OCC5COC(Cn6cncn6)(c6ccc(Cl)cc6Cl)O5)cc4)CC3)cc2)c1=O)OC(=O)CCC(=O)O. The van der Waals surface area contributed by atoms with Gasteiger partial charge in [0.1, 0.15) is 57.2 Å². The normalized spacial score (nSPS) is 17.4. The molecule has 80 heavy (non-hydrogen) atoms. The molecular weight excluding hydrogens is 1070 g/mol. The van der Waals surface area contributed by atoms with Crippen LogP contribution < -0.4 is 20.2 Å². The number of ether oxygens (including phenoxy) is 6. The lowest BCUT2D eigenvalue weighted by Crippen LogP contribution is -2.46. The Bertz CT molecular complexity index is 2790. The summed E-state index contributed by atoms with van der Waals surface area (Å²) < 4.78 is 39.7. The Labute approximate surface area is 477 Å². The van der Waals surface area contributed by atoms with Gasteiger partial charge in [-0.25, -0.2) is 23.7 Å². The molecular formula is C58H76Cl2N8O12. The number of aromatic nitrogens is 6. The van der Waals surface area contributed by atoms with Crippen LogP contribution in [0.5, 0.6) is 5.75 Å². The average Bonchev–Trinajstić information content (AvgIpc) is 4.25. The molecule has 5 unspecified atom stereocenters. The second-order valence-electron chi connectivity index (χ2n) is 20.6. The Morgan fingerprint density at radius 3 is 1.96 bits per heavy atom. The largest absolute Gasteiger partial charge is 0.491 e. The zero-order valence-electron chi connectivity index (χ0n) is 46.1. The van der Waals surface area contributed by atoms with Crippen LogP contribution in [0.1, 0.15) is 129 Å². The number of aliphatic carboxylic acids is 1. The van der Waals surface area contributed by atoms with Gasteiger partial charge in [-0.15, -0.1) is 0 Å². The van der Waals surface area contributed by atoms with E-state index in [-0.39, 0.29) is 69.4 Å². The molecule has 1 N–H and O–H groups in total. The summed E-state index contributed by atoms with van der Waals surface area (Å²) in [7, 11) is 0. The number of rotatable bonds is 33. The molecule has 0 saturated carbocycles. The van der Waals surface area contributed by atoms with Crippen LogP contribution in [-0.4, -0.2) is 123 Å². The van der Waals surface area contributed by atoms with Crippen LogP contribution in [0.3, 0.4) is 0 Å². The first-order chi connectivity index (χ1) is 38.7. The van der Waals surface area contributed by atoms with E-state index in [1.54, 1.807) is 44.8 Å². The Morgan fingerprint density at radius 1 is 0.738 bits per heavy atom. The van der Waals surface area contributed by atoms with E-state index >= 15 is 0 Å². The molecule has 7 rings (SSSR count). The highest BCUT2D eigenvalue weighted by Crippen LogP contribution is 2.41. The number of anilines is 2. The third-order valence-corrected chi connectivity index (χ3v) is 15.1. The van der Waals surface area contributed by atoms with Gasteiger partial charge in [0.15, 0.2) is 6.10 Å². The predicted molar refractivity (Wildman–Crippen MR) is 301 cm³/mol. The van der Waals surface area contributed by atoms with Gasteiger partial charge in [-0.3, -0.25) is 19.2 Å². The van der Waals surface area contributed by atoms with Gasteiger partial charge < -0.3 is 43.3 Å². The number of hydrogen-bond acceptors (Lipinski definition) is 16. The van der Waals surface area contributed by atoms with Crippen LogP contribution in [0.25, 0.3) is 5.69 Å². The molecule has 2 aliphatic heterocycles. The summed E-state index contributed by atoms with van der Waals surface area (Å²) in [5, 5.41) is 18.6. The molecule has 2 saturated heterocycles. The maximum atomic E-state index is 13.7. The number of benzene rings is 3. The molecule has 0 amide bonds. The highest BCUT2D eigenvalue weighted by molar-refractivity contribution is 6.35. The summed E-state index contributed by atoms with van der Waals surface area (Å²) in [6, 6.07) is 21.2. The minimum atomic E-state index is -1.19. The van der Waals surface area contributed by atoms with E-state index in [2.05, 4.69) is 63.1 Å². The molecule has 0 spiro atoms. The van der Waals surface area contributed by atoms with Gasteiger partial charge in [0.25, 0.3) is 0 Å². The van der Waals surface area contributed by atoms with Gasteiger partial charge in [0, 0.05) is 61.0 Å². The number of carboxylic acid groups (broad SMARTS) is 1. The second kappa shape index (κ2) is 30.9. The quantitative estimate of drug-likeness (QED) is 0.0235. The third kappa shape index (κ3) is 18.3. The zero-order chi connectivity index (χ0) is 56.9. The lowest BCUT2D eigenvalue weighted by atomic mass is 9.96. The molecule has 20 nitrogen and oxygen atoms in total. The number of esters is 3. The number of unbranched alkanes of at least 4 members (excludes halogenated alkanes) is 8. The summed E-state index contributed by atoms with van der Waals surface area (Å²) in [6.07, 6.45) is 12.9. The van der Waals surface area contributed by atoms with Crippen molar-refractivity contribution < 1.29 is 52.7 Å². The topological polar surface area (TPSA) is 221 Å². The fourth-order valence-corrected chi connectivity index (χ4v) is 10.3. The van der Waals surface area contributed by atoms with Gasteiger partial charge in [-0.1, -0.05) is 94.5 Å². The Hall–Kier alpha value is -6.48. The summed E-state index contributed by atoms with van der Waals surface area (Å²) in [6.45, 7) is 9.83. The van der Waals surface area contributed by atoms with Crippen LogP contribution in [-0.2, 0) is 55.2 Å². The van der Waals surface area contributed by atoms with Crippen LogP contribution in [0.2, 0.25) is 10.0 Å². The van der Waals surface area contributed by atoms with Crippen molar-refractivity contribution in [1.82, 2.24) is 29.1 Å². The molecule has 22 heteroatoms. The standard InChI is InChI=1S/C58H76Cl2N8O12/c1-4-5-6-8-12-15-54(71)76-34-49(79-56(73)28-27-53(69)70)35-77-55(72)16-13-10-7-9-11-14-42(2)43(3)68-57(74)67(41-63-68)47-20-18-45(19-21-47)64-29-31-65(32-30-64)46-22-24-48(25-23-46)75-36-50-37-78-58(80-50,38-66-40-61-39-62-66)51-26-17-44(59)33-52(51)60/h17-26,33,39-43,49-50H,4-16,27-32,34-38H2,1-3H3,(H,69,70). The summed E-state index contributed by atoms with van der Waals surface area (Å²) in [5.74, 6) is -3.08. The summed E-state index contributed by atoms with van der Waals surface area (Å²) >= 11 is 12.8. The molecule has 5 aromatic rings. The number of halogens is 2. The average molecular weight is 1150 g/mol. The van der Waals surface area contributed by atoms with E-state index in [0.717, 1.165) is 107 Å². The fraction of sp³-hybridized carbons (Fsp3) is 0.552. The highest BCUT2D eigenvalue weighted by Gasteiger charge is 2.46. The Kier molecular flexibility index (Phi) is 23.6. The first-order valence-corrected chi connectivity index (χ1v) is 28.8. The molecule has 2 fully saturated rings. The predicted octanol–water partition coefficient (Wildman–Crippen LogP) is 9.76. The lowest BCUT2D eigenvalue weighted by Gasteiger charge is -2.37. The molecule has 434 valence electrons. The van der Waals surface area contributed by atoms with Crippen molar-refractivity contribution >= 4 is 58.5 Å². The number of carbonyl (C=O) groups is 4. The van der Waals surface area contributed by atoms with Gasteiger partial charge in [0.2, 0.25) is 5.79 Å². The number of hydrogen-bond donors (Lipinski definition) is 1. The van der Waals surface area contributed by atoms with Crippen molar-refractivity contribution in [1.29, 1.82) is 0 Å². The van der Waals surface area contributed by atoms with Gasteiger partial charge >= 0.3 is 29.6 Å². The minimum absolute atomic E-state index is 0.112. The monoisotopic (exact) mass is 1150 g/mol. The van der Waals surface area contributed by atoms with Crippen LogP contribution in [0.4, 0.5) is 11.4 Å². The summed E-state index contributed by atoms with van der Waals surface area (Å²) in [5.41, 5.74) is 3.40. The molecule has 0 aliphatic carbocycles. The van der Waals surface area contributed by atoms with Crippen LogP contribution >= 0.6 is 23.2 Å². The molecule has 0 bridgehead atoms. The number of nitrogens with zero attached hydrogens (tertiary/aromatic N) is 8. The molecule has 4 heterocycles. The highest BCUT2D eigenvalue weighted by atomic mass is 35.5. The molecule has 2 aromatic heterocycles. The third-order valence-electron chi connectivity index (χ3n) is 14.6. The second-order valence-corrected chi connectivity index (χ2v) is 21.4. The Morgan fingerprint density at radius 2 is 1.35 bits per heavy atom. The molecule has 0 radical (unpaired) electrons. The van der Waals surface area contributed by atoms with Crippen molar-refractivity contribution in [2.24, 2.45) is 5.92 Å². The van der Waals surface area contributed by atoms with E-state index in [0.29, 0.717) is 35.1 Å². The first-order valence-electron chi connectivity index (χ1n) is 28.0. The smallest absolute Gasteiger partial charge is 0.350 e. The lowest BCUT2D eigenvalue weighted by molar-refractivity contribution is -0.190. The molecule has 2 aliphatic rings. The van der Waals surface area contributed by atoms with Crippen molar-refractivity contribution in [2.45, 2.75) is 148 Å². The number of carboxylic acids is 1. The van der Waals surface area contributed by atoms with E-state index in [1.807, 2.05) is 31.2 Å². The Balaban J connectivity index is 0.777. The van der Waals surface area contributed by atoms with Crippen LogP contribution in [0.15, 0.2) is 90.5 Å². The van der Waals surface area contributed by atoms with E-state index < -0.39 is 42.2 Å². The van der Waals surface area contributed by atoms with Gasteiger partial charge in [-0.2, -0.15) is 10.2 Å². The van der Waals surface area contributed by atoms with Gasteiger partial charge in [0.05, 0.1) is 36.2 Å². The minimum Gasteiger partial charge on any atom is -0.491 e.